The Morgan fingerprint density at radius 2 is 2.07 bits per heavy atom. The molecule has 0 saturated carbocycles. The minimum Gasteiger partial charge on any atom is -0.366 e. The standard InChI is InChI=1S/C10H16N2O2/c1-3-4-5-6-9(13)12-7-8(2)10(11)14/h5-7H,3-4H2,1-2H3,(H2,11,14)(H,12,13). The largest absolute Gasteiger partial charge is 0.366 e. The molecule has 3 N–H and O–H groups in total. The van der Waals surface area contributed by atoms with E-state index in [0.717, 1.165) is 12.8 Å². The lowest BCUT2D eigenvalue weighted by Gasteiger charge is -1.95. The lowest BCUT2D eigenvalue weighted by molar-refractivity contribution is -0.115. The predicted molar refractivity (Wildman–Crippen MR) is 55.1 cm³/mol. The molecule has 0 spiro atoms. The molecule has 0 aliphatic carbocycles. The van der Waals surface area contributed by atoms with Gasteiger partial charge < -0.3 is 11.1 Å². The lowest BCUT2D eigenvalue weighted by atomic mass is 10.3. The van der Waals surface area contributed by atoms with Gasteiger partial charge in [-0.05, 0) is 19.4 Å². The summed E-state index contributed by atoms with van der Waals surface area (Å²) in [6.07, 6.45) is 6.39. The van der Waals surface area contributed by atoms with Crippen LogP contribution in [0.25, 0.3) is 0 Å². The van der Waals surface area contributed by atoms with E-state index in [2.05, 4.69) is 5.32 Å². The first-order valence-corrected chi connectivity index (χ1v) is 4.51. The average molecular weight is 196 g/mol. The average Bonchev–Trinajstić information content (AvgIpc) is 2.14. The molecule has 4 heteroatoms. The molecule has 2 amide bonds. The van der Waals surface area contributed by atoms with Crippen LogP contribution in [0.3, 0.4) is 0 Å². The van der Waals surface area contributed by atoms with Gasteiger partial charge in [0.2, 0.25) is 11.8 Å². The maximum atomic E-state index is 11.1. The van der Waals surface area contributed by atoms with Crippen LogP contribution in [0.2, 0.25) is 0 Å². The highest BCUT2D eigenvalue weighted by molar-refractivity contribution is 5.93. The van der Waals surface area contributed by atoms with Crippen molar-refractivity contribution >= 4 is 11.8 Å². The topological polar surface area (TPSA) is 72.2 Å². The van der Waals surface area contributed by atoms with Crippen molar-refractivity contribution in [2.24, 2.45) is 5.73 Å². The number of nitrogens with one attached hydrogen (secondary N) is 1. The summed E-state index contributed by atoms with van der Waals surface area (Å²) < 4.78 is 0. The van der Waals surface area contributed by atoms with Crippen LogP contribution in [-0.4, -0.2) is 11.8 Å². The van der Waals surface area contributed by atoms with Crippen molar-refractivity contribution in [1.82, 2.24) is 5.32 Å². The van der Waals surface area contributed by atoms with Crippen molar-refractivity contribution in [3.05, 3.63) is 23.9 Å². The van der Waals surface area contributed by atoms with Gasteiger partial charge in [0.1, 0.15) is 0 Å². The lowest BCUT2D eigenvalue weighted by Crippen LogP contribution is -2.19. The summed E-state index contributed by atoms with van der Waals surface area (Å²) in [4.78, 5) is 21.6. The molecule has 0 bridgehead atoms. The van der Waals surface area contributed by atoms with E-state index in [0.29, 0.717) is 5.57 Å². The van der Waals surface area contributed by atoms with Gasteiger partial charge in [-0.2, -0.15) is 0 Å². The number of carbonyl (C=O) groups excluding carboxylic acids is 2. The number of carbonyl (C=O) groups is 2. The van der Waals surface area contributed by atoms with E-state index in [9.17, 15) is 9.59 Å². The molecule has 4 nitrogen and oxygen atoms in total. The van der Waals surface area contributed by atoms with Gasteiger partial charge in [0.25, 0.3) is 0 Å². The smallest absolute Gasteiger partial charge is 0.247 e. The second-order valence-corrected chi connectivity index (χ2v) is 2.89. The first-order valence-electron chi connectivity index (χ1n) is 4.51. The molecule has 0 saturated heterocycles. The maximum Gasteiger partial charge on any atom is 0.247 e. The third-order valence-corrected chi connectivity index (χ3v) is 1.54. The van der Waals surface area contributed by atoms with E-state index >= 15 is 0 Å². The fourth-order valence-electron chi connectivity index (χ4n) is 0.656. The Balaban J connectivity index is 3.96. The highest BCUT2D eigenvalue weighted by Crippen LogP contribution is 1.89. The van der Waals surface area contributed by atoms with E-state index in [1.54, 1.807) is 13.0 Å². The molecule has 0 rings (SSSR count). The molecule has 0 heterocycles. The first kappa shape index (κ1) is 12.4. The Morgan fingerprint density at radius 3 is 2.57 bits per heavy atom. The van der Waals surface area contributed by atoms with Gasteiger partial charge in [-0.25, -0.2) is 0 Å². The summed E-state index contributed by atoms with van der Waals surface area (Å²) in [5.74, 6) is -0.790. The SMILES string of the molecule is CCCC=CC(=O)NC=C(C)C(N)=O. The zero-order valence-electron chi connectivity index (χ0n) is 8.54. The monoisotopic (exact) mass is 196 g/mol. The van der Waals surface area contributed by atoms with Crippen LogP contribution < -0.4 is 11.1 Å². The van der Waals surface area contributed by atoms with Crippen LogP contribution >= 0.6 is 0 Å². The highest BCUT2D eigenvalue weighted by Gasteiger charge is 1.96. The Bertz CT molecular complexity index is 267. The van der Waals surface area contributed by atoms with E-state index in [1.807, 2.05) is 6.92 Å². The fourth-order valence-corrected chi connectivity index (χ4v) is 0.656. The predicted octanol–water partition coefficient (Wildman–Crippen LogP) is 0.848. The molecule has 0 unspecified atom stereocenters. The third-order valence-electron chi connectivity index (χ3n) is 1.54. The number of nitrogens with two attached hydrogens (primary N) is 1. The van der Waals surface area contributed by atoms with Crippen LogP contribution in [0, 0.1) is 0 Å². The Kier molecular flexibility index (Phi) is 6.11. The summed E-state index contributed by atoms with van der Waals surface area (Å²) in [6, 6.07) is 0. The molecule has 0 aromatic rings. The number of primary amides is 1. The summed E-state index contributed by atoms with van der Waals surface area (Å²) in [5, 5.41) is 2.43. The van der Waals surface area contributed by atoms with E-state index < -0.39 is 5.91 Å². The number of rotatable bonds is 5. The number of allylic oxidation sites excluding steroid dienone is 1. The normalized spacial score (nSPS) is 11.7. The zero-order valence-corrected chi connectivity index (χ0v) is 8.54. The summed E-state index contributed by atoms with van der Waals surface area (Å²) in [5.41, 5.74) is 5.29. The fraction of sp³-hybridized carbons (Fsp3) is 0.400. The molecule has 0 aromatic heterocycles. The first-order chi connectivity index (χ1) is 6.57. The van der Waals surface area contributed by atoms with Crippen molar-refractivity contribution in [2.45, 2.75) is 26.7 Å². The molecule has 0 fully saturated rings. The minimum atomic E-state index is -0.539. The van der Waals surface area contributed by atoms with Crippen molar-refractivity contribution in [3.63, 3.8) is 0 Å². The molecule has 0 radical (unpaired) electrons. The van der Waals surface area contributed by atoms with Gasteiger partial charge in [-0.15, -0.1) is 0 Å². The van der Waals surface area contributed by atoms with E-state index in [4.69, 9.17) is 5.73 Å². The van der Waals surface area contributed by atoms with Crippen molar-refractivity contribution < 1.29 is 9.59 Å². The molecule has 78 valence electrons. The number of unbranched alkanes of at least 4 members (excludes halogenated alkanes) is 1. The zero-order chi connectivity index (χ0) is 11.0. The summed E-state index contributed by atoms with van der Waals surface area (Å²) in [6.45, 7) is 3.57. The maximum absolute atomic E-state index is 11.1. The van der Waals surface area contributed by atoms with Gasteiger partial charge in [-0.1, -0.05) is 19.4 Å². The Morgan fingerprint density at radius 1 is 1.43 bits per heavy atom. The second kappa shape index (κ2) is 6.88. The van der Waals surface area contributed by atoms with E-state index in [1.165, 1.54) is 12.3 Å². The molecular formula is C10H16N2O2. The highest BCUT2D eigenvalue weighted by atomic mass is 16.2. The van der Waals surface area contributed by atoms with Gasteiger partial charge in [0.05, 0.1) is 0 Å². The molecule has 0 atom stereocenters. The third kappa shape index (κ3) is 5.99. The Hall–Kier alpha value is -1.58. The van der Waals surface area contributed by atoms with Gasteiger partial charge in [-0.3, -0.25) is 9.59 Å². The van der Waals surface area contributed by atoms with Crippen molar-refractivity contribution in [1.29, 1.82) is 0 Å². The van der Waals surface area contributed by atoms with Crippen LogP contribution in [0.5, 0.6) is 0 Å². The molecule has 14 heavy (non-hydrogen) atoms. The molecule has 0 aromatic carbocycles. The molecular weight excluding hydrogens is 180 g/mol. The van der Waals surface area contributed by atoms with Crippen LogP contribution in [0.4, 0.5) is 0 Å². The Labute approximate surface area is 83.9 Å². The van der Waals surface area contributed by atoms with Gasteiger partial charge in [0, 0.05) is 11.8 Å². The van der Waals surface area contributed by atoms with Crippen molar-refractivity contribution in [3.8, 4) is 0 Å². The van der Waals surface area contributed by atoms with Crippen molar-refractivity contribution in [2.75, 3.05) is 0 Å². The quantitative estimate of drug-likeness (QED) is 0.640. The molecule has 0 aliphatic heterocycles. The number of amides is 2. The summed E-state index contributed by atoms with van der Waals surface area (Å²) in [7, 11) is 0. The second-order valence-electron chi connectivity index (χ2n) is 2.89. The van der Waals surface area contributed by atoms with E-state index in [-0.39, 0.29) is 5.91 Å². The van der Waals surface area contributed by atoms with Gasteiger partial charge in [0.15, 0.2) is 0 Å². The van der Waals surface area contributed by atoms with Crippen LogP contribution in [0.1, 0.15) is 26.7 Å². The summed E-state index contributed by atoms with van der Waals surface area (Å²) >= 11 is 0. The number of hydrogen-bond donors (Lipinski definition) is 2. The molecule has 0 aliphatic rings. The number of hydrogen-bond acceptors (Lipinski definition) is 2. The van der Waals surface area contributed by atoms with Crippen LogP contribution in [-0.2, 0) is 9.59 Å². The van der Waals surface area contributed by atoms with Gasteiger partial charge >= 0.3 is 0 Å². The van der Waals surface area contributed by atoms with Crippen LogP contribution in [0.15, 0.2) is 23.9 Å². The minimum absolute atomic E-state index is 0.251.